The molecule has 0 saturated heterocycles. The van der Waals surface area contributed by atoms with Crippen molar-refractivity contribution in [2.24, 2.45) is 5.92 Å². The van der Waals surface area contributed by atoms with Gasteiger partial charge in [0.05, 0.1) is 12.7 Å². The van der Waals surface area contributed by atoms with E-state index in [4.69, 9.17) is 10.1 Å². The van der Waals surface area contributed by atoms with Gasteiger partial charge in [-0.25, -0.2) is 0 Å². The van der Waals surface area contributed by atoms with Crippen LogP contribution in [0.4, 0.5) is 0 Å². The average molecular weight is 567 g/mol. The van der Waals surface area contributed by atoms with Gasteiger partial charge in [-0.05, 0) is 67.3 Å². The summed E-state index contributed by atoms with van der Waals surface area (Å²) in [7, 11) is 0. The van der Waals surface area contributed by atoms with E-state index in [9.17, 15) is 9.90 Å². The minimum absolute atomic E-state index is 0.148. The van der Waals surface area contributed by atoms with E-state index in [1.54, 1.807) is 0 Å². The minimum Gasteiger partial charge on any atom is -0.390 e. The number of carbonyl (C=O) groups excluding carboxylic acids is 1. The van der Waals surface area contributed by atoms with Gasteiger partial charge in [0.2, 0.25) is 0 Å². The number of aryl methyl sites for hydroxylation is 1. The molecule has 3 atom stereocenters. The van der Waals surface area contributed by atoms with E-state index in [1.165, 1.54) is 19.1 Å². The molecular weight excluding hydrogens is 508 g/mol. The summed E-state index contributed by atoms with van der Waals surface area (Å²) in [5.74, 6) is -0.0211. The third-order valence-electron chi connectivity index (χ3n) is 7.00. The third-order valence-corrected chi connectivity index (χ3v) is 7.00. The number of hydrogen-bond acceptors (Lipinski definition) is 4. The molecule has 3 N–H and O–H groups in total. The zero-order chi connectivity index (χ0) is 31.4. The minimum atomic E-state index is -0.595. The number of rotatable bonds is 14. The molecule has 41 heavy (non-hydrogen) atoms. The Kier molecular flexibility index (Phi) is 20.4. The van der Waals surface area contributed by atoms with Gasteiger partial charge in [-0.3, -0.25) is 4.79 Å². The Labute approximate surface area is 251 Å². The Hall–Kier alpha value is -2.76. The van der Waals surface area contributed by atoms with Crippen LogP contribution in [-0.4, -0.2) is 36.0 Å². The van der Waals surface area contributed by atoms with E-state index in [0.717, 1.165) is 51.9 Å². The first kappa shape index (κ1) is 38.2. The molecule has 2 rings (SSSR count). The predicted molar refractivity (Wildman–Crippen MR) is 177 cm³/mol. The van der Waals surface area contributed by atoms with E-state index < -0.39 is 12.2 Å². The van der Waals surface area contributed by atoms with Gasteiger partial charge < -0.3 is 20.6 Å². The van der Waals surface area contributed by atoms with Crippen molar-refractivity contribution in [2.45, 2.75) is 120 Å². The van der Waals surface area contributed by atoms with E-state index >= 15 is 0 Å². The number of ether oxygens (including phenoxy) is 1. The van der Waals surface area contributed by atoms with E-state index in [1.807, 2.05) is 60.6 Å². The van der Waals surface area contributed by atoms with Crippen LogP contribution in [0.3, 0.4) is 0 Å². The van der Waals surface area contributed by atoms with Crippen LogP contribution in [0.15, 0.2) is 53.7 Å². The molecule has 0 aliphatic carbocycles. The first-order valence-electron chi connectivity index (χ1n) is 15.6. The Balaban J connectivity index is 0.00000244. The molecule has 2 aromatic carbocycles. The second-order valence-corrected chi connectivity index (χ2v) is 10.6. The Morgan fingerprint density at radius 2 is 1.56 bits per heavy atom. The summed E-state index contributed by atoms with van der Waals surface area (Å²) in [6, 6.07) is 14.5. The van der Waals surface area contributed by atoms with Crippen LogP contribution in [-0.2, 0) is 16.0 Å². The second kappa shape index (κ2) is 21.9. The van der Waals surface area contributed by atoms with Crippen molar-refractivity contribution < 1.29 is 14.6 Å². The van der Waals surface area contributed by atoms with Gasteiger partial charge in [-0.15, -0.1) is 0 Å². The lowest BCUT2D eigenvalue weighted by Gasteiger charge is -2.23. The first-order chi connectivity index (χ1) is 19.6. The molecule has 0 saturated carbocycles. The van der Waals surface area contributed by atoms with Crippen molar-refractivity contribution in [1.29, 1.82) is 5.41 Å². The highest BCUT2D eigenvalue weighted by molar-refractivity contribution is 5.82. The molecule has 0 heterocycles. The average Bonchev–Trinajstić information content (AvgIpc) is 2.98. The summed E-state index contributed by atoms with van der Waals surface area (Å²) in [5, 5.41) is 20.9. The summed E-state index contributed by atoms with van der Waals surface area (Å²) >= 11 is 0. The molecule has 0 fully saturated rings. The van der Waals surface area contributed by atoms with Crippen LogP contribution in [0, 0.1) is 18.3 Å². The quantitative estimate of drug-likeness (QED) is 0.200. The van der Waals surface area contributed by atoms with Crippen LogP contribution >= 0.6 is 0 Å². The maximum Gasteiger partial charge on any atom is 0.253 e. The van der Waals surface area contributed by atoms with Crippen molar-refractivity contribution in [1.82, 2.24) is 5.32 Å². The van der Waals surface area contributed by atoms with Crippen molar-refractivity contribution in [3.8, 4) is 11.1 Å². The van der Waals surface area contributed by atoms with Crippen molar-refractivity contribution >= 4 is 12.1 Å². The lowest BCUT2D eigenvalue weighted by atomic mass is 9.98. The summed E-state index contributed by atoms with van der Waals surface area (Å²) in [5.41, 5.74) is 7.27. The molecule has 0 radical (unpaired) electrons. The van der Waals surface area contributed by atoms with E-state index in [2.05, 4.69) is 56.4 Å². The van der Waals surface area contributed by atoms with Crippen LogP contribution in [0.25, 0.3) is 11.1 Å². The molecule has 2 aromatic rings. The number of nitrogens with one attached hydrogen (secondary N) is 2. The number of hydrogen-bond donors (Lipinski definition) is 3. The van der Waals surface area contributed by atoms with Gasteiger partial charge in [-0.1, -0.05) is 116 Å². The van der Waals surface area contributed by atoms with E-state index in [-0.39, 0.29) is 18.4 Å². The van der Waals surface area contributed by atoms with Crippen molar-refractivity contribution in [3.05, 3.63) is 70.4 Å². The van der Waals surface area contributed by atoms with Crippen molar-refractivity contribution in [3.63, 3.8) is 0 Å². The number of unbranched alkanes of at least 4 members (excludes halogenated alkanes) is 1. The fourth-order valence-electron chi connectivity index (χ4n) is 4.02. The summed E-state index contributed by atoms with van der Waals surface area (Å²) in [4.78, 5) is 12.9. The highest BCUT2D eigenvalue weighted by Gasteiger charge is 2.22. The summed E-state index contributed by atoms with van der Waals surface area (Å²) in [6.45, 7) is 20.6. The Morgan fingerprint density at radius 1 is 0.976 bits per heavy atom. The standard InChI is InChI=1S/C30H42N2O3.C4H10.C2H6/c1-7-9-21(5)28(33)19-35-29(8-2)30(34)32-27(20(3)4)17-23-10-12-24(13-11-23)25-14-15-26(18-31)22(6)16-25;1-3-4-2;1-2/h10-16,18,21,28-29,31,33H,7-9,17,19H2,1-6H3,(H,32,34);3-4H2,1-2H3;1-2H3. The lowest BCUT2D eigenvalue weighted by Crippen LogP contribution is -2.38. The predicted octanol–water partition coefficient (Wildman–Crippen LogP) is 9.04. The molecule has 0 spiro atoms. The molecule has 0 aromatic heterocycles. The SMILES string of the molecule is CC.CCCC.CCCC(C)C(O)COC(CC)C(=O)NC(Cc1ccc(-c2ccc(C=N)c(C)c2)cc1)=C(C)C. The number of amides is 1. The van der Waals surface area contributed by atoms with Gasteiger partial charge in [0, 0.05) is 18.3 Å². The molecule has 1 amide bonds. The van der Waals surface area contributed by atoms with Gasteiger partial charge in [0.25, 0.3) is 5.91 Å². The number of carbonyl (C=O) groups is 1. The lowest BCUT2D eigenvalue weighted by molar-refractivity contribution is -0.135. The zero-order valence-corrected chi connectivity index (χ0v) is 27.6. The third kappa shape index (κ3) is 14.1. The van der Waals surface area contributed by atoms with Crippen LogP contribution in [0.1, 0.15) is 111 Å². The molecule has 230 valence electrons. The van der Waals surface area contributed by atoms with E-state index in [0.29, 0.717) is 12.8 Å². The van der Waals surface area contributed by atoms with Gasteiger partial charge >= 0.3 is 0 Å². The highest BCUT2D eigenvalue weighted by atomic mass is 16.5. The monoisotopic (exact) mass is 566 g/mol. The first-order valence-corrected chi connectivity index (χ1v) is 15.6. The normalized spacial score (nSPS) is 12.5. The molecule has 0 bridgehead atoms. The molecule has 0 aliphatic heterocycles. The molecule has 5 nitrogen and oxygen atoms in total. The Bertz CT molecular complexity index is 1040. The number of aliphatic hydroxyl groups is 1. The number of aliphatic hydroxyl groups excluding tert-OH is 1. The van der Waals surface area contributed by atoms with Crippen molar-refractivity contribution in [2.75, 3.05) is 6.61 Å². The Morgan fingerprint density at radius 3 is 2.02 bits per heavy atom. The molecule has 0 aliphatic rings. The topological polar surface area (TPSA) is 82.4 Å². The fraction of sp³-hybridized carbons (Fsp3) is 0.556. The largest absolute Gasteiger partial charge is 0.390 e. The maximum atomic E-state index is 12.9. The van der Waals surface area contributed by atoms with Gasteiger partial charge in [0.15, 0.2) is 0 Å². The molecule has 5 heteroatoms. The number of benzene rings is 2. The summed E-state index contributed by atoms with van der Waals surface area (Å²) < 4.78 is 5.81. The number of allylic oxidation sites excluding steroid dienone is 2. The zero-order valence-electron chi connectivity index (χ0n) is 27.6. The molecule has 3 unspecified atom stereocenters. The van der Waals surface area contributed by atoms with Gasteiger partial charge in [0.1, 0.15) is 6.10 Å². The fourth-order valence-corrected chi connectivity index (χ4v) is 4.02. The summed E-state index contributed by atoms with van der Waals surface area (Å²) in [6.07, 6.45) is 5.96. The van der Waals surface area contributed by atoms with Crippen LogP contribution < -0.4 is 5.32 Å². The smallest absolute Gasteiger partial charge is 0.253 e. The van der Waals surface area contributed by atoms with Crippen LogP contribution in [0.2, 0.25) is 0 Å². The van der Waals surface area contributed by atoms with Crippen LogP contribution in [0.5, 0.6) is 0 Å². The highest BCUT2D eigenvalue weighted by Crippen LogP contribution is 2.23. The maximum absolute atomic E-state index is 12.9. The second-order valence-electron chi connectivity index (χ2n) is 10.6. The van der Waals surface area contributed by atoms with Gasteiger partial charge in [-0.2, -0.15) is 0 Å². The molecular formula is C36H58N2O3.